The maximum Gasteiger partial charge on any atom is 0.323 e. The first-order valence-electron chi connectivity index (χ1n) is 5.31. The molecule has 0 radical (unpaired) electrons. The normalized spacial score (nSPS) is 11.9. The lowest BCUT2D eigenvalue weighted by atomic mass is 10.2. The second-order valence-electron chi connectivity index (χ2n) is 3.62. The molecule has 0 aliphatic heterocycles. The van der Waals surface area contributed by atoms with Gasteiger partial charge in [-0.25, -0.2) is 0 Å². The van der Waals surface area contributed by atoms with Gasteiger partial charge in [-0.05, 0) is 12.5 Å². The van der Waals surface area contributed by atoms with Gasteiger partial charge >= 0.3 is 5.97 Å². The van der Waals surface area contributed by atoms with Crippen molar-refractivity contribution in [3.8, 4) is 0 Å². The number of nitrogens with zero attached hydrogens (tertiary/aromatic N) is 1. The van der Waals surface area contributed by atoms with Gasteiger partial charge in [0.2, 0.25) is 0 Å². The minimum atomic E-state index is -0.730. The molecule has 0 aromatic heterocycles. The number of esters is 1. The van der Waals surface area contributed by atoms with E-state index >= 15 is 0 Å². The highest BCUT2D eigenvalue weighted by Gasteiger charge is 2.19. The number of benzene rings is 1. The molecule has 0 aliphatic carbocycles. The Kier molecular flexibility index (Phi) is 5.06. The summed E-state index contributed by atoms with van der Waals surface area (Å²) in [7, 11) is 0. The summed E-state index contributed by atoms with van der Waals surface area (Å²) in [6, 6.07) is 3.53. The molecule has 0 saturated carbocycles. The molecule has 1 aromatic carbocycles. The number of carbonyl (C=O) groups excluding carboxylic acids is 1. The van der Waals surface area contributed by atoms with Crippen LogP contribution >= 0.6 is 11.6 Å². The van der Waals surface area contributed by atoms with E-state index in [1.165, 1.54) is 18.2 Å². The van der Waals surface area contributed by atoms with E-state index in [4.69, 9.17) is 22.1 Å². The van der Waals surface area contributed by atoms with Gasteiger partial charge in [-0.2, -0.15) is 0 Å². The summed E-state index contributed by atoms with van der Waals surface area (Å²) < 4.78 is 4.90. The molecular formula is C11H13ClN2O4. The molecule has 1 aromatic rings. The highest BCUT2D eigenvalue weighted by Crippen LogP contribution is 2.26. The highest BCUT2D eigenvalue weighted by atomic mass is 35.5. The van der Waals surface area contributed by atoms with Gasteiger partial charge in [0.05, 0.1) is 15.5 Å². The van der Waals surface area contributed by atoms with Gasteiger partial charge in [0.1, 0.15) is 12.6 Å². The van der Waals surface area contributed by atoms with Crippen molar-refractivity contribution in [2.75, 3.05) is 0 Å². The molecule has 98 valence electrons. The maximum absolute atomic E-state index is 11.4. The fraction of sp³-hybridized carbons (Fsp3) is 0.364. The maximum atomic E-state index is 11.4. The van der Waals surface area contributed by atoms with Crippen LogP contribution in [0.1, 0.15) is 18.9 Å². The molecule has 1 unspecified atom stereocenters. The third-order valence-corrected chi connectivity index (χ3v) is 2.75. The van der Waals surface area contributed by atoms with Crippen molar-refractivity contribution in [3.63, 3.8) is 0 Å². The largest absolute Gasteiger partial charge is 0.459 e. The number of nitrogens with two attached hydrogens (primary N) is 1. The quantitative estimate of drug-likeness (QED) is 0.503. The molecule has 1 rings (SSSR count). The van der Waals surface area contributed by atoms with Crippen LogP contribution in [0.2, 0.25) is 5.02 Å². The molecule has 0 fully saturated rings. The third-order valence-electron chi connectivity index (χ3n) is 2.39. The van der Waals surface area contributed by atoms with Crippen LogP contribution in [0.3, 0.4) is 0 Å². The number of ether oxygens (including phenoxy) is 1. The molecule has 2 N–H and O–H groups in total. The second-order valence-corrected chi connectivity index (χ2v) is 4.02. The molecule has 7 heteroatoms. The Balaban J connectivity index is 2.84. The number of hydrogen-bond donors (Lipinski definition) is 1. The average molecular weight is 273 g/mol. The smallest absolute Gasteiger partial charge is 0.323 e. The number of nitro benzene ring substituents is 1. The number of halogens is 1. The molecule has 6 nitrogen and oxygen atoms in total. The van der Waals surface area contributed by atoms with Gasteiger partial charge in [0.15, 0.2) is 0 Å². The van der Waals surface area contributed by atoms with Crippen molar-refractivity contribution >= 4 is 23.3 Å². The lowest BCUT2D eigenvalue weighted by Gasteiger charge is -2.10. The fourth-order valence-corrected chi connectivity index (χ4v) is 1.50. The van der Waals surface area contributed by atoms with Crippen molar-refractivity contribution < 1.29 is 14.5 Å². The van der Waals surface area contributed by atoms with Gasteiger partial charge in [-0.1, -0.05) is 24.6 Å². The van der Waals surface area contributed by atoms with Crippen LogP contribution in [0.5, 0.6) is 0 Å². The molecule has 0 aliphatic rings. The summed E-state index contributed by atoms with van der Waals surface area (Å²) in [5.41, 5.74) is 5.46. The summed E-state index contributed by atoms with van der Waals surface area (Å²) in [5.74, 6) is -0.605. The van der Waals surface area contributed by atoms with Crippen molar-refractivity contribution in [2.24, 2.45) is 5.73 Å². The summed E-state index contributed by atoms with van der Waals surface area (Å²) in [5, 5.41) is 11.0. The van der Waals surface area contributed by atoms with Gasteiger partial charge < -0.3 is 10.5 Å². The van der Waals surface area contributed by atoms with E-state index in [1.54, 1.807) is 6.92 Å². The minimum absolute atomic E-state index is 0.167. The van der Waals surface area contributed by atoms with E-state index in [0.29, 0.717) is 6.42 Å². The zero-order valence-corrected chi connectivity index (χ0v) is 10.5. The lowest BCUT2D eigenvalue weighted by molar-refractivity contribution is -0.385. The van der Waals surface area contributed by atoms with E-state index in [0.717, 1.165) is 0 Å². The summed E-state index contributed by atoms with van der Waals surface area (Å²) in [6.07, 6.45) is 0.434. The van der Waals surface area contributed by atoms with Crippen LogP contribution < -0.4 is 5.73 Å². The zero-order chi connectivity index (χ0) is 13.7. The van der Waals surface area contributed by atoms with Crippen LogP contribution in [0.15, 0.2) is 18.2 Å². The van der Waals surface area contributed by atoms with Crippen LogP contribution in [-0.2, 0) is 16.1 Å². The van der Waals surface area contributed by atoms with Crippen LogP contribution in [-0.4, -0.2) is 16.9 Å². The number of rotatable bonds is 5. The Hall–Kier alpha value is -1.66. The molecule has 0 saturated heterocycles. The van der Waals surface area contributed by atoms with Gasteiger partial charge in [0, 0.05) is 6.07 Å². The van der Waals surface area contributed by atoms with Crippen LogP contribution in [0.4, 0.5) is 5.69 Å². The number of carbonyl (C=O) groups is 1. The molecule has 1 atom stereocenters. The van der Waals surface area contributed by atoms with E-state index in [9.17, 15) is 14.9 Å². The first-order chi connectivity index (χ1) is 8.47. The standard InChI is InChI=1S/C11H13ClN2O4/c1-2-9(13)11(15)18-6-7-8(12)4-3-5-10(7)14(16)17/h3-5,9H,2,6,13H2,1H3. The number of nitro groups is 1. The topological polar surface area (TPSA) is 95.5 Å². The number of hydrogen-bond acceptors (Lipinski definition) is 5. The predicted octanol–water partition coefficient (Wildman–Crippen LogP) is 2.03. The van der Waals surface area contributed by atoms with Crippen LogP contribution in [0.25, 0.3) is 0 Å². The summed E-state index contributed by atoms with van der Waals surface area (Å²) in [6.45, 7) is 1.48. The van der Waals surface area contributed by atoms with E-state index in [-0.39, 0.29) is 22.9 Å². The summed E-state index contributed by atoms with van der Waals surface area (Å²) >= 11 is 5.84. The molecule has 0 amide bonds. The minimum Gasteiger partial charge on any atom is -0.459 e. The lowest BCUT2D eigenvalue weighted by Crippen LogP contribution is -2.31. The molecule has 0 heterocycles. The van der Waals surface area contributed by atoms with Crippen molar-refractivity contribution in [2.45, 2.75) is 26.0 Å². The van der Waals surface area contributed by atoms with E-state index in [2.05, 4.69) is 0 Å². The van der Waals surface area contributed by atoms with Gasteiger partial charge in [0.25, 0.3) is 5.69 Å². The van der Waals surface area contributed by atoms with Crippen molar-refractivity contribution in [1.82, 2.24) is 0 Å². The first-order valence-corrected chi connectivity index (χ1v) is 5.69. The average Bonchev–Trinajstić information content (AvgIpc) is 2.35. The Labute approximate surface area is 109 Å². The Morgan fingerprint density at radius 1 is 1.61 bits per heavy atom. The molecule has 0 bridgehead atoms. The first kappa shape index (κ1) is 14.4. The van der Waals surface area contributed by atoms with Crippen molar-refractivity contribution in [1.29, 1.82) is 0 Å². The van der Waals surface area contributed by atoms with Gasteiger partial charge in [-0.15, -0.1) is 0 Å². The SMILES string of the molecule is CCC(N)C(=O)OCc1c(Cl)cccc1[N+](=O)[O-]. The Morgan fingerprint density at radius 2 is 2.28 bits per heavy atom. The summed E-state index contributed by atoms with van der Waals surface area (Å²) in [4.78, 5) is 21.6. The fourth-order valence-electron chi connectivity index (χ4n) is 1.28. The van der Waals surface area contributed by atoms with Crippen LogP contribution in [0, 0.1) is 10.1 Å². The highest BCUT2D eigenvalue weighted by molar-refractivity contribution is 6.31. The Bertz CT molecular complexity index is 464. The van der Waals surface area contributed by atoms with Gasteiger partial charge in [-0.3, -0.25) is 14.9 Å². The molecule has 18 heavy (non-hydrogen) atoms. The monoisotopic (exact) mass is 272 g/mol. The molecular weight excluding hydrogens is 260 g/mol. The Morgan fingerprint density at radius 3 is 2.83 bits per heavy atom. The van der Waals surface area contributed by atoms with E-state index in [1.807, 2.05) is 0 Å². The second kappa shape index (κ2) is 6.32. The van der Waals surface area contributed by atoms with Crippen molar-refractivity contribution in [3.05, 3.63) is 38.9 Å². The van der Waals surface area contributed by atoms with E-state index < -0.39 is 16.9 Å². The zero-order valence-electron chi connectivity index (χ0n) is 9.76. The third kappa shape index (κ3) is 3.41. The molecule has 0 spiro atoms. The predicted molar refractivity (Wildman–Crippen MR) is 66.2 cm³/mol.